The molecule has 1 saturated carbocycles. The van der Waals surface area contributed by atoms with Crippen LogP contribution in [0.3, 0.4) is 0 Å². The lowest BCUT2D eigenvalue weighted by atomic mass is 9.69. The summed E-state index contributed by atoms with van der Waals surface area (Å²) in [6.45, 7) is 2.93. The average molecular weight is 317 g/mol. The molecule has 0 bridgehead atoms. The van der Waals surface area contributed by atoms with E-state index >= 15 is 0 Å². The van der Waals surface area contributed by atoms with Gasteiger partial charge in [0, 0.05) is 12.1 Å². The van der Waals surface area contributed by atoms with Gasteiger partial charge in [-0.15, -0.1) is 0 Å². The van der Waals surface area contributed by atoms with E-state index in [1.807, 2.05) is 13.0 Å². The van der Waals surface area contributed by atoms with Gasteiger partial charge in [0.15, 0.2) is 0 Å². The minimum atomic E-state index is -0.214. The molecule has 0 N–H and O–H groups in total. The molecule has 126 valence electrons. The standard InChI is InChI=1S/C19H27NO3/c1-14(18(21)23-3)20-12-10-15-7-4-5-11-19(15,20)16-8-6-9-17(13-16)22-2/h6,8-9,13-15H,4-5,7,10-12H2,1-3H3/t14?,15-,19-/m0/s1. The second-order valence-electron chi connectivity index (χ2n) is 6.78. The van der Waals surface area contributed by atoms with Crippen molar-refractivity contribution in [3.63, 3.8) is 0 Å². The lowest BCUT2D eigenvalue weighted by Crippen LogP contribution is -2.53. The zero-order chi connectivity index (χ0) is 16.4. The Hall–Kier alpha value is -1.55. The maximum Gasteiger partial charge on any atom is 0.322 e. The van der Waals surface area contributed by atoms with Gasteiger partial charge in [0.2, 0.25) is 0 Å². The molecule has 1 saturated heterocycles. The fraction of sp³-hybridized carbons (Fsp3) is 0.632. The molecule has 2 fully saturated rings. The number of rotatable bonds is 4. The number of fused-ring (bicyclic) bond motifs is 1. The summed E-state index contributed by atoms with van der Waals surface area (Å²) in [5.74, 6) is 1.35. The van der Waals surface area contributed by atoms with Crippen LogP contribution < -0.4 is 4.74 Å². The van der Waals surface area contributed by atoms with E-state index < -0.39 is 0 Å². The molecule has 2 aliphatic rings. The second-order valence-corrected chi connectivity index (χ2v) is 6.78. The number of carbonyl (C=O) groups excluding carboxylic acids is 1. The maximum atomic E-state index is 12.2. The topological polar surface area (TPSA) is 38.8 Å². The third-order valence-electron chi connectivity index (χ3n) is 5.85. The monoisotopic (exact) mass is 317 g/mol. The summed E-state index contributed by atoms with van der Waals surface area (Å²) in [6.07, 6.45) is 5.99. The zero-order valence-corrected chi connectivity index (χ0v) is 14.4. The van der Waals surface area contributed by atoms with Gasteiger partial charge in [-0.2, -0.15) is 0 Å². The van der Waals surface area contributed by atoms with Gasteiger partial charge in [-0.3, -0.25) is 9.69 Å². The summed E-state index contributed by atoms with van der Waals surface area (Å²) in [7, 11) is 3.18. The lowest BCUT2D eigenvalue weighted by Gasteiger charge is -2.47. The van der Waals surface area contributed by atoms with Crippen LogP contribution in [0.15, 0.2) is 24.3 Å². The smallest absolute Gasteiger partial charge is 0.322 e. The van der Waals surface area contributed by atoms with Gasteiger partial charge in [0.25, 0.3) is 0 Å². The highest BCUT2D eigenvalue weighted by Gasteiger charge is 2.53. The van der Waals surface area contributed by atoms with Gasteiger partial charge < -0.3 is 9.47 Å². The molecule has 0 amide bonds. The normalized spacial score (nSPS) is 28.9. The van der Waals surface area contributed by atoms with Gasteiger partial charge in [0.05, 0.1) is 14.2 Å². The Morgan fingerprint density at radius 1 is 1.30 bits per heavy atom. The van der Waals surface area contributed by atoms with Crippen LogP contribution in [-0.2, 0) is 15.1 Å². The lowest BCUT2D eigenvalue weighted by molar-refractivity contribution is -0.149. The highest BCUT2D eigenvalue weighted by Crippen LogP contribution is 2.53. The Morgan fingerprint density at radius 3 is 2.87 bits per heavy atom. The van der Waals surface area contributed by atoms with Gasteiger partial charge in [-0.1, -0.05) is 25.0 Å². The van der Waals surface area contributed by atoms with E-state index in [1.54, 1.807) is 7.11 Å². The summed E-state index contributed by atoms with van der Waals surface area (Å²) in [5.41, 5.74) is 1.23. The first-order valence-electron chi connectivity index (χ1n) is 8.62. The molecule has 23 heavy (non-hydrogen) atoms. The average Bonchev–Trinajstić information content (AvgIpc) is 3.01. The molecule has 1 aliphatic heterocycles. The van der Waals surface area contributed by atoms with Gasteiger partial charge in [-0.25, -0.2) is 0 Å². The van der Waals surface area contributed by atoms with Crippen LogP contribution in [0.5, 0.6) is 5.75 Å². The van der Waals surface area contributed by atoms with Crippen molar-refractivity contribution in [3.05, 3.63) is 29.8 Å². The zero-order valence-electron chi connectivity index (χ0n) is 14.4. The Labute approximate surface area is 138 Å². The van der Waals surface area contributed by atoms with Crippen LogP contribution in [-0.4, -0.2) is 37.7 Å². The molecular weight excluding hydrogens is 290 g/mol. The summed E-state index contributed by atoms with van der Waals surface area (Å²) in [4.78, 5) is 14.6. The Morgan fingerprint density at radius 2 is 2.13 bits per heavy atom. The number of methoxy groups -OCH3 is 2. The van der Waals surface area contributed by atoms with Gasteiger partial charge in [0.1, 0.15) is 11.8 Å². The maximum absolute atomic E-state index is 12.2. The third-order valence-corrected chi connectivity index (χ3v) is 5.85. The number of benzene rings is 1. The number of hydrogen-bond donors (Lipinski definition) is 0. The van der Waals surface area contributed by atoms with Crippen LogP contribution in [0.25, 0.3) is 0 Å². The van der Waals surface area contributed by atoms with Crippen LogP contribution in [0.1, 0.15) is 44.6 Å². The molecular formula is C19H27NO3. The largest absolute Gasteiger partial charge is 0.497 e. The van der Waals surface area contributed by atoms with Crippen molar-refractivity contribution in [2.75, 3.05) is 20.8 Å². The van der Waals surface area contributed by atoms with E-state index in [0.29, 0.717) is 5.92 Å². The molecule has 3 atom stereocenters. The quantitative estimate of drug-likeness (QED) is 0.798. The van der Waals surface area contributed by atoms with Crippen molar-refractivity contribution < 1.29 is 14.3 Å². The highest BCUT2D eigenvalue weighted by molar-refractivity contribution is 5.75. The molecule has 1 heterocycles. The minimum Gasteiger partial charge on any atom is -0.497 e. The van der Waals surface area contributed by atoms with Gasteiger partial charge >= 0.3 is 5.97 Å². The fourth-order valence-electron chi connectivity index (χ4n) is 4.76. The third kappa shape index (κ3) is 2.63. The predicted octanol–water partition coefficient (Wildman–Crippen LogP) is 3.35. The molecule has 4 heteroatoms. The van der Waals surface area contributed by atoms with Crippen molar-refractivity contribution in [3.8, 4) is 5.75 Å². The van der Waals surface area contributed by atoms with Crippen molar-refractivity contribution in [2.24, 2.45) is 5.92 Å². The first kappa shape index (κ1) is 16.3. The van der Waals surface area contributed by atoms with Crippen molar-refractivity contribution in [1.82, 2.24) is 4.90 Å². The fourth-order valence-corrected chi connectivity index (χ4v) is 4.76. The first-order chi connectivity index (χ1) is 11.1. The van der Waals surface area contributed by atoms with E-state index in [9.17, 15) is 4.79 Å². The van der Waals surface area contributed by atoms with Crippen LogP contribution in [0, 0.1) is 5.92 Å². The number of esters is 1. The summed E-state index contributed by atoms with van der Waals surface area (Å²) in [5, 5.41) is 0. The SMILES string of the molecule is COC(=O)C(C)N1CC[C@@H]2CCCC[C@@]21c1cccc(OC)c1. The van der Waals surface area contributed by atoms with Crippen LogP contribution in [0.4, 0.5) is 0 Å². The van der Waals surface area contributed by atoms with Crippen LogP contribution in [0.2, 0.25) is 0 Å². The number of carbonyl (C=O) groups is 1. The van der Waals surface area contributed by atoms with Crippen molar-refractivity contribution in [2.45, 2.75) is 50.6 Å². The molecule has 1 unspecified atom stereocenters. The first-order valence-corrected chi connectivity index (χ1v) is 8.62. The van der Waals surface area contributed by atoms with E-state index in [4.69, 9.17) is 9.47 Å². The minimum absolute atomic E-state index is 0.0552. The second kappa shape index (κ2) is 6.52. The summed E-state index contributed by atoms with van der Waals surface area (Å²) < 4.78 is 10.5. The predicted molar refractivity (Wildman–Crippen MR) is 89.4 cm³/mol. The molecule has 1 aromatic carbocycles. The molecule has 3 rings (SSSR count). The highest BCUT2D eigenvalue weighted by atomic mass is 16.5. The van der Waals surface area contributed by atoms with Crippen LogP contribution >= 0.6 is 0 Å². The van der Waals surface area contributed by atoms with E-state index in [-0.39, 0.29) is 17.6 Å². The number of hydrogen-bond acceptors (Lipinski definition) is 4. The Bertz CT molecular complexity index is 573. The molecule has 0 spiro atoms. The summed E-state index contributed by atoms with van der Waals surface area (Å²) >= 11 is 0. The molecule has 4 nitrogen and oxygen atoms in total. The van der Waals surface area contributed by atoms with Crippen molar-refractivity contribution >= 4 is 5.97 Å². The molecule has 0 radical (unpaired) electrons. The number of nitrogens with zero attached hydrogens (tertiary/aromatic N) is 1. The number of likely N-dealkylation sites (tertiary alicyclic amines) is 1. The van der Waals surface area contributed by atoms with Crippen molar-refractivity contribution in [1.29, 1.82) is 0 Å². The van der Waals surface area contributed by atoms with Gasteiger partial charge in [-0.05, 0) is 49.8 Å². The Kier molecular flexibility index (Phi) is 4.62. The van der Waals surface area contributed by atoms with E-state index in [2.05, 4.69) is 23.1 Å². The molecule has 1 aliphatic carbocycles. The Balaban J connectivity index is 2.05. The molecule has 1 aromatic rings. The van der Waals surface area contributed by atoms with E-state index in [1.165, 1.54) is 31.9 Å². The summed E-state index contributed by atoms with van der Waals surface area (Å²) in [6, 6.07) is 8.19. The molecule has 0 aromatic heterocycles. The van der Waals surface area contributed by atoms with E-state index in [0.717, 1.165) is 25.1 Å². The number of ether oxygens (including phenoxy) is 2.